The van der Waals surface area contributed by atoms with E-state index in [9.17, 15) is 9.50 Å². The van der Waals surface area contributed by atoms with Gasteiger partial charge in [0, 0.05) is 19.0 Å². The maximum atomic E-state index is 13.9. The molecule has 0 saturated carbocycles. The van der Waals surface area contributed by atoms with E-state index in [2.05, 4.69) is 5.32 Å². The van der Waals surface area contributed by atoms with Gasteiger partial charge in [0.2, 0.25) is 0 Å². The monoisotopic (exact) mass is 209 g/mol. The third-order valence-corrected chi connectivity index (χ3v) is 3.11. The van der Waals surface area contributed by atoms with Crippen molar-refractivity contribution in [2.45, 2.75) is 19.0 Å². The minimum absolute atomic E-state index is 0.000648. The Bertz CT molecular complexity index is 351. The minimum Gasteiger partial charge on any atom is -0.508 e. The predicted octanol–water partition coefficient (Wildman–Crippen LogP) is 1.88. The predicted molar refractivity (Wildman–Crippen MR) is 57.7 cm³/mol. The van der Waals surface area contributed by atoms with E-state index in [4.69, 9.17) is 0 Å². The summed E-state index contributed by atoms with van der Waals surface area (Å²) in [5.74, 6) is 0.248. The highest BCUT2D eigenvalue weighted by Crippen LogP contribution is 2.29. The highest BCUT2D eigenvalue weighted by atomic mass is 19.1. The third-order valence-electron chi connectivity index (χ3n) is 3.11. The number of hydrogen-bond donors (Lipinski definition) is 2. The molecule has 0 amide bonds. The first-order valence-electron chi connectivity index (χ1n) is 5.25. The number of phenolic OH excluding ortho intramolecular Hbond substituents is 1. The van der Waals surface area contributed by atoms with E-state index in [-0.39, 0.29) is 11.7 Å². The largest absolute Gasteiger partial charge is 0.508 e. The number of benzene rings is 1. The summed E-state index contributed by atoms with van der Waals surface area (Å²) < 4.78 is 13.9. The average molecular weight is 209 g/mol. The Balaban J connectivity index is 2.09. The second-order valence-electron chi connectivity index (χ2n) is 4.48. The van der Waals surface area contributed by atoms with Gasteiger partial charge < -0.3 is 10.4 Å². The van der Waals surface area contributed by atoms with Crippen molar-refractivity contribution in [2.75, 3.05) is 13.1 Å². The molecule has 1 aliphatic heterocycles. The van der Waals surface area contributed by atoms with Crippen LogP contribution in [0, 0.1) is 5.92 Å². The first-order valence-corrected chi connectivity index (χ1v) is 5.25. The van der Waals surface area contributed by atoms with E-state index in [1.807, 2.05) is 6.07 Å². The van der Waals surface area contributed by atoms with Crippen LogP contribution in [0.15, 0.2) is 24.3 Å². The molecule has 3 heteroatoms. The summed E-state index contributed by atoms with van der Waals surface area (Å²) in [6.45, 7) is 2.78. The van der Waals surface area contributed by atoms with Crippen LogP contribution in [-0.4, -0.2) is 23.9 Å². The second-order valence-corrected chi connectivity index (χ2v) is 4.48. The molecule has 0 aliphatic carbocycles. The molecule has 1 saturated heterocycles. The smallest absolute Gasteiger partial charge is 0.124 e. The van der Waals surface area contributed by atoms with Crippen LogP contribution >= 0.6 is 0 Å². The fraction of sp³-hybridized carbons (Fsp3) is 0.500. The summed E-state index contributed by atoms with van der Waals surface area (Å²) in [7, 11) is 0. The van der Waals surface area contributed by atoms with Crippen LogP contribution in [0.25, 0.3) is 0 Å². The molecule has 2 rings (SSSR count). The normalized spacial score (nSPS) is 30.7. The molecule has 15 heavy (non-hydrogen) atoms. The van der Waals surface area contributed by atoms with Crippen LogP contribution < -0.4 is 5.32 Å². The molecule has 0 spiro atoms. The number of hydrogen-bond acceptors (Lipinski definition) is 2. The van der Waals surface area contributed by atoms with E-state index in [1.54, 1.807) is 25.1 Å². The van der Waals surface area contributed by atoms with Gasteiger partial charge in [-0.2, -0.15) is 0 Å². The van der Waals surface area contributed by atoms with Gasteiger partial charge in [-0.05, 0) is 31.0 Å². The Morgan fingerprint density at radius 1 is 1.60 bits per heavy atom. The summed E-state index contributed by atoms with van der Waals surface area (Å²) in [5, 5.41) is 12.4. The number of rotatable bonds is 2. The summed E-state index contributed by atoms with van der Waals surface area (Å²) in [4.78, 5) is 0. The first-order chi connectivity index (χ1) is 7.08. The maximum absolute atomic E-state index is 13.9. The van der Waals surface area contributed by atoms with Crippen LogP contribution in [0.1, 0.15) is 12.5 Å². The van der Waals surface area contributed by atoms with Gasteiger partial charge in [-0.25, -0.2) is 4.39 Å². The van der Waals surface area contributed by atoms with Crippen molar-refractivity contribution >= 4 is 0 Å². The number of phenols is 1. The van der Waals surface area contributed by atoms with Crippen LogP contribution in [0.2, 0.25) is 0 Å². The Kier molecular flexibility index (Phi) is 2.65. The zero-order valence-corrected chi connectivity index (χ0v) is 8.83. The van der Waals surface area contributed by atoms with Gasteiger partial charge in [0.05, 0.1) is 0 Å². The highest BCUT2D eigenvalue weighted by molar-refractivity contribution is 5.27. The average Bonchev–Trinajstić information content (AvgIpc) is 2.46. The molecule has 1 aliphatic rings. The molecule has 0 radical (unpaired) electrons. The molecule has 1 aromatic carbocycles. The summed E-state index contributed by atoms with van der Waals surface area (Å²) in [5.41, 5.74) is -0.140. The molecule has 2 unspecified atom stereocenters. The molecule has 1 aromatic rings. The standard InChI is InChI=1S/C12H16FNO/c1-12(13)8-14-7-10(12)5-9-3-2-4-11(15)6-9/h2-4,6,10,14-15H,5,7-8H2,1H3. The number of halogens is 1. The number of nitrogens with one attached hydrogen (secondary N) is 1. The van der Waals surface area contributed by atoms with Gasteiger partial charge in [-0.15, -0.1) is 0 Å². The zero-order chi connectivity index (χ0) is 10.9. The highest BCUT2D eigenvalue weighted by Gasteiger charge is 2.38. The molecule has 2 N–H and O–H groups in total. The Morgan fingerprint density at radius 3 is 3.00 bits per heavy atom. The fourth-order valence-corrected chi connectivity index (χ4v) is 2.10. The molecule has 0 bridgehead atoms. The number of aromatic hydroxyl groups is 1. The molecule has 0 aromatic heterocycles. The van der Waals surface area contributed by atoms with Crippen molar-refractivity contribution in [3.63, 3.8) is 0 Å². The molecular formula is C12H16FNO. The molecule has 1 fully saturated rings. The van der Waals surface area contributed by atoms with Crippen LogP contribution in [0.3, 0.4) is 0 Å². The third kappa shape index (κ3) is 2.29. The van der Waals surface area contributed by atoms with Gasteiger partial charge in [-0.3, -0.25) is 0 Å². The fourth-order valence-electron chi connectivity index (χ4n) is 2.10. The van der Waals surface area contributed by atoms with Crippen LogP contribution in [0.4, 0.5) is 4.39 Å². The van der Waals surface area contributed by atoms with Crippen molar-refractivity contribution < 1.29 is 9.50 Å². The SMILES string of the molecule is CC1(F)CNCC1Cc1cccc(O)c1. The molecule has 2 nitrogen and oxygen atoms in total. The molecule has 1 heterocycles. The topological polar surface area (TPSA) is 32.3 Å². The molecule has 2 atom stereocenters. The quantitative estimate of drug-likeness (QED) is 0.779. The molecule has 82 valence electrons. The van der Waals surface area contributed by atoms with Crippen molar-refractivity contribution in [2.24, 2.45) is 5.92 Å². The van der Waals surface area contributed by atoms with E-state index in [0.717, 1.165) is 5.56 Å². The lowest BCUT2D eigenvalue weighted by Crippen LogP contribution is -2.29. The second kappa shape index (κ2) is 3.81. The van der Waals surface area contributed by atoms with Crippen molar-refractivity contribution in [1.29, 1.82) is 0 Å². The van der Waals surface area contributed by atoms with Crippen molar-refractivity contribution in [1.82, 2.24) is 5.32 Å². The van der Waals surface area contributed by atoms with Crippen molar-refractivity contribution in [3.8, 4) is 5.75 Å². The Labute approximate surface area is 89.1 Å². The lowest BCUT2D eigenvalue weighted by Gasteiger charge is -2.21. The Morgan fingerprint density at radius 2 is 2.40 bits per heavy atom. The van der Waals surface area contributed by atoms with Gasteiger partial charge >= 0.3 is 0 Å². The van der Waals surface area contributed by atoms with E-state index < -0.39 is 5.67 Å². The summed E-state index contributed by atoms with van der Waals surface area (Å²) in [6, 6.07) is 7.05. The molecular weight excluding hydrogens is 193 g/mol. The van der Waals surface area contributed by atoms with E-state index >= 15 is 0 Å². The van der Waals surface area contributed by atoms with E-state index in [1.165, 1.54) is 0 Å². The van der Waals surface area contributed by atoms with Gasteiger partial charge in [0.1, 0.15) is 11.4 Å². The van der Waals surface area contributed by atoms with Gasteiger partial charge in [0.25, 0.3) is 0 Å². The van der Waals surface area contributed by atoms with Crippen molar-refractivity contribution in [3.05, 3.63) is 29.8 Å². The Hall–Kier alpha value is -1.09. The van der Waals surface area contributed by atoms with Gasteiger partial charge in [0.15, 0.2) is 0 Å². The summed E-state index contributed by atoms with van der Waals surface area (Å²) in [6.07, 6.45) is 0.675. The van der Waals surface area contributed by atoms with Crippen LogP contribution in [0.5, 0.6) is 5.75 Å². The zero-order valence-electron chi connectivity index (χ0n) is 8.83. The first kappa shape index (κ1) is 10.4. The lowest BCUT2D eigenvalue weighted by atomic mass is 9.88. The minimum atomic E-state index is -1.13. The maximum Gasteiger partial charge on any atom is 0.124 e. The van der Waals surface area contributed by atoms with Gasteiger partial charge in [-0.1, -0.05) is 12.1 Å². The van der Waals surface area contributed by atoms with Crippen LogP contribution in [-0.2, 0) is 6.42 Å². The van der Waals surface area contributed by atoms with E-state index in [0.29, 0.717) is 19.5 Å². The summed E-state index contributed by atoms with van der Waals surface area (Å²) >= 11 is 0. The lowest BCUT2D eigenvalue weighted by molar-refractivity contribution is 0.152. The number of alkyl halides is 1.